The number of hydrogen-bond donors (Lipinski definition) is 0. The Morgan fingerprint density at radius 1 is 1.29 bits per heavy atom. The largest absolute Gasteiger partial charge is 0.493 e. The van der Waals surface area contributed by atoms with Crippen LogP contribution in [0.25, 0.3) is 0 Å². The van der Waals surface area contributed by atoms with Crippen molar-refractivity contribution in [2.24, 2.45) is 0 Å². The first kappa shape index (κ1) is 9.19. The van der Waals surface area contributed by atoms with E-state index in [-0.39, 0.29) is 6.79 Å². The zero-order valence-corrected chi connectivity index (χ0v) is 8.66. The van der Waals surface area contributed by atoms with Crippen molar-refractivity contribution in [3.8, 4) is 17.2 Å². The quantitative estimate of drug-likeness (QED) is 0.724. The van der Waals surface area contributed by atoms with Crippen LogP contribution in [0, 0.1) is 0 Å². The highest BCUT2D eigenvalue weighted by Gasteiger charge is 2.20. The minimum absolute atomic E-state index is 0.285. The van der Waals surface area contributed by atoms with E-state index in [9.17, 15) is 0 Å². The number of benzene rings is 1. The average molecular weight is 194 g/mol. The molecule has 0 amide bonds. The first-order chi connectivity index (χ1) is 6.72. The molecule has 0 atom stereocenters. The minimum atomic E-state index is 0.285. The summed E-state index contributed by atoms with van der Waals surface area (Å²) in [7, 11) is 1.64. The number of rotatable bonds is 2. The van der Waals surface area contributed by atoms with Gasteiger partial charge in [-0.2, -0.15) is 0 Å². The summed E-state index contributed by atoms with van der Waals surface area (Å²) >= 11 is 0. The van der Waals surface area contributed by atoms with E-state index in [0.29, 0.717) is 5.92 Å². The standard InChI is InChI=1S/C11H14O3/c1-7(2)8-4-9(12-3)11-10(5-8)13-6-14-11/h4-5,7H,6H2,1-3H3. The molecule has 1 aromatic rings. The predicted molar refractivity (Wildman–Crippen MR) is 53.2 cm³/mol. The van der Waals surface area contributed by atoms with Crippen LogP contribution in [-0.4, -0.2) is 13.9 Å². The summed E-state index contributed by atoms with van der Waals surface area (Å²) in [4.78, 5) is 0. The Kier molecular flexibility index (Phi) is 2.23. The van der Waals surface area contributed by atoms with Crippen LogP contribution in [0.15, 0.2) is 12.1 Å². The predicted octanol–water partition coefficient (Wildman–Crippen LogP) is 2.55. The van der Waals surface area contributed by atoms with Crippen LogP contribution in [0.3, 0.4) is 0 Å². The normalized spacial score (nSPS) is 13.4. The minimum Gasteiger partial charge on any atom is -0.493 e. The van der Waals surface area contributed by atoms with Crippen LogP contribution < -0.4 is 14.2 Å². The molecule has 1 aliphatic rings. The van der Waals surface area contributed by atoms with Crippen molar-refractivity contribution in [1.82, 2.24) is 0 Å². The topological polar surface area (TPSA) is 27.7 Å². The second-order valence-electron chi connectivity index (χ2n) is 3.61. The number of ether oxygens (including phenoxy) is 3. The molecule has 0 bridgehead atoms. The summed E-state index contributed by atoms with van der Waals surface area (Å²) in [5.74, 6) is 2.71. The van der Waals surface area contributed by atoms with E-state index in [2.05, 4.69) is 13.8 Å². The molecule has 1 aromatic carbocycles. The van der Waals surface area contributed by atoms with Gasteiger partial charge in [-0.05, 0) is 23.6 Å². The van der Waals surface area contributed by atoms with Gasteiger partial charge in [0, 0.05) is 0 Å². The van der Waals surface area contributed by atoms with Gasteiger partial charge in [-0.25, -0.2) is 0 Å². The smallest absolute Gasteiger partial charge is 0.231 e. The second kappa shape index (κ2) is 3.40. The van der Waals surface area contributed by atoms with E-state index >= 15 is 0 Å². The lowest BCUT2D eigenvalue weighted by atomic mass is 10.0. The Morgan fingerprint density at radius 3 is 2.71 bits per heavy atom. The highest BCUT2D eigenvalue weighted by atomic mass is 16.7. The summed E-state index contributed by atoms with van der Waals surface area (Å²) in [6, 6.07) is 4.01. The van der Waals surface area contributed by atoms with Gasteiger partial charge in [0.25, 0.3) is 0 Å². The molecule has 0 saturated carbocycles. The van der Waals surface area contributed by atoms with Crippen LogP contribution in [0.5, 0.6) is 17.2 Å². The molecule has 0 aromatic heterocycles. The number of hydrogen-bond acceptors (Lipinski definition) is 3. The molecule has 0 fully saturated rings. The Bertz CT molecular complexity index is 345. The van der Waals surface area contributed by atoms with Crippen molar-refractivity contribution >= 4 is 0 Å². The van der Waals surface area contributed by atoms with E-state index in [1.54, 1.807) is 7.11 Å². The van der Waals surface area contributed by atoms with Crippen LogP contribution >= 0.6 is 0 Å². The first-order valence-electron chi connectivity index (χ1n) is 4.70. The maximum atomic E-state index is 5.33. The van der Waals surface area contributed by atoms with Crippen LogP contribution in [0.4, 0.5) is 0 Å². The third kappa shape index (κ3) is 1.39. The van der Waals surface area contributed by atoms with Gasteiger partial charge < -0.3 is 14.2 Å². The molecule has 3 nitrogen and oxygen atoms in total. The fourth-order valence-electron chi connectivity index (χ4n) is 1.48. The van der Waals surface area contributed by atoms with Gasteiger partial charge in [-0.3, -0.25) is 0 Å². The highest BCUT2D eigenvalue weighted by molar-refractivity contribution is 5.55. The van der Waals surface area contributed by atoms with Gasteiger partial charge in [-0.15, -0.1) is 0 Å². The molecule has 0 spiro atoms. The summed E-state index contributed by atoms with van der Waals surface area (Å²) in [6.45, 7) is 4.56. The van der Waals surface area contributed by atoms with Crippen molar-refractivity contribution in [2.75, 3.05) is 13.9 Å². The molecular weight excluding hydrogens is 180 g/mol. The molecule has 1 aliphatic heterocycles. The molecular formula is C11H14O3. The lowest BCUT2D eigenvalue weighted by Crippen LogP contribution is -1.93. The maximum absolute atomic E-state index is 5.33. The molecule has 0 N–H and O–H groups in total. The monoisotopic (exact) mass is 194 g/mol. The van der Waals surface area contributed by atoms with Crippen molar-refractivity contribution in [3.05, 3.63) is 17.7 Å². The molecule has 76 valence electrons. The lowest BCUT2D eigenvalue weighted by Gasteiger charge is -2.10. The van der Waals surface area contributed by atoms with Crippen LogP contribution in [0.2, 0.25) is 0 Å². The Balaban J connectivity index is 2.49. The Labute approximate surface area is 83.6 Å². The number of fused-ring (bicyclic) bond motifs is 1. The highest BCUT2D eigenvalue weighted by Crippen LogP contribution is 2.43. The molecule has 0 saturated heterocycles. The van der Waals surface area contributed by atoms with Crippen molar-refractivity contribution < 1.29 is 14.2 Å². The van der Waals surface area contributed by atoms with E-state index in [1.807, 2.05) is 12.1 Å². The van der Waals surface area contributed by atoms with Crippen molar-refractivity contribution in [2.45, 2.75) is 19.8 Å². The second-order valence-corrected chi connectivity index (χ2v) is 3.61. The van der Waals surface area contributed by atoms with E-state index in [1.165, 1.54) is 5.56 Å². The third-order valence-electron chi connectivity index (χ3n) is 2.35. The number of methoxy groups -OCH3 is 1. The third-order valence-corrected chi connectivity index (χ3v) is 2.35. The molecule has 2 rings (SSSR count). The van der Waals surface area contributed by atoms with Crippen LogP contribution in [0.1, 0.15) is 25.3 Å². The fourth-order valence-corrected chi connectivity index (χ4v) is 1.48. The van der Waals surface area contributed by atoms with Gasteiger partial charge in [0.2, 0.25) is 12.5 Å². The fraction of sp³-hybridized carbons (Fsp3) is 0.455. The van der Waals surface area contributed by atoms with E-state index < -0.39 is 0 Å². The van der Waals surface area contributed by atoms with Gasteiger partial charge in [0.15, 0.2) is 11.5 Å². The Hall–Kier alpha value is -1.38. The molecule has 14 heavy (non-hydrogen) atoms. The molecule has 1 heterocycles. The van der Waals surface area contributed by atoms with Gasteiger partial charge in [-0.1, -0.05) is 13.8 Å². The van der Waals surface area contributed by atoms with Gasteiger partial charge in [0.1, 0.15) is 0 Å². The SMILES string of the molecule is COc1cc(C(C)C)cc2c1OCO2. The summed E-state index contributed by atoms with van der Waals surface area (Å²) in [5.41, 5.74) is 1.20. The Morgan fingerprint density at radius 2 is 2.07 bits per heavy atom. The molecule has 0 radical (unpaired) electrons. The van der Waals surface area contributed by atoms with E-state index in [4.69, 9.17) is 14.2 Å². The zero-order chi connectivity index (χ0) is 10.1. The first-order valence-corrected chi connectivity index (χ1v) is 4.70. The van der Waals surface area contributed by atoms with Crippen molar-refractivity contribution in [3.63, 3.8) is 0 Å². The van der Waals surface area contributed by atoms with E-state index in [0.717, 1.165) is 17.2 Å². The molecule has 0 unspecified atom stereocenters. The van der Waals surface area contributed by atoms with Crippen molar-refractivity contribution in [1.29, 1.82) is 0 Å². The summed E-state index contributed by atoms with van der Waals surface area (Å²) in [6.07, 6.45) is 0. The summed E-state index contributed by atoms with van der Waals surface area (Å²) < 4.78 is 15.9. The molecule has 0 aliphatic carbocycles. The average Bonchev–Trinajstić information content (AvgIpc) is 2.63. The summed E-state index contributed by atoms with van der Waals surface area (Å²) in [5, 5.41) is 0. The molecule has 3 heteroatoms. The maximum Gasteiger partial charge on any atom is 0.231 e. The lowest BCUT2D eigenvalue weighted by molar-refractivity contribution is 0.171. The van der Waals surface area contributed by atoms with Gasteiger partial charge >= 0.3 is 0 Å². The zero-order valence-electron chi connectivity index (χ0n) is 8.66. The van der Waals surface area contributed by atoms with Gasteiger partial charge in [0.05, 0.1) is 7.11 Å². The van der Waals surface area contributed by atoms with Crippen LogP contribution in [-0.2, 0) is 0 Å².